The Hall–Kier alpha value is -2.11. The fraction of sp³-hybridized carbons (Fsp3) is 0.467. The highest BCUT2D eigenvalue weighted by molar-refractivity contribution is 7.99. The lowest BCUT2D eigenvalue weighted by Crippen LogP contribution is -2.52. The molecule has 23 heavy (non-hydrogen) atoms. The van der Waals surface area contributed by atoms with Crippen LogP contribution >= 0.6 is 11.8 Å². The monoisotopic (exact) mass is 332 g/mol. The van der Waals surface area contributed by atoms with E-state index < -0.39 is 6.04 Å². The fourth-order valence-electron chi connectivity index (χ4n) is 2.58. The number of morpholine rings is 1. The zero-order valence-electron chi connectivity index (χ0n) is 12.5. The van der Waals surface area contributed by atoms with Gasteiger partial charge in [-0.3, -0.25) is 9.59 Å². The van der Waals surface area contributed by atoms with Crippen LogP contribution in [0.2, 0.25) is 0 Å². The molecule has 0 aromatic carbocycles. The predicted molar refractivity (Wildman–Crippen MR) is 83.6 cm³/mol. The maximum atomic E-state index is 12.6. The van der Waals surface area contributed by atoms with Crippen LogP contribution in [0.3, 0.4) is 0 Å². The molecule has 0 spiro atoms. The number of nitriles is 1. The van der Waals surface area contributed by atoms with Crippen molar-refractivity contribution in [2.75, 3.05) is 37.9 Å². The third-order valence-electron chi connectivity index (χ3n) is 3.86. The molecule has 2 aliphatic rings. The van der Waals surface area contributed by atoms with Crippen molar-refractivity contribution in [1.29, 1.82) is 5.26 Å². The van der Waals surface area contributed by atoms with Gasteiger partial charge in [0.05, 0.1) is 24.7 Å². The van der Waals surface area contributed by atoms with Gasteiger partial charge in [-0.1, -0.05) is 0 Å². The number of amides is 2. The first-order valence-corrected chi connectivity index (χ1v) is 8.47. The molecule has 0 N–H and O–H groups in total. The SMILES string of the molecule is N#Cc1ccc(C(=O)N2CSCC2C(=O)N2CCOCC2)nc1. The van der Waals surface area contributed by atoms with Crippen LogP contribution in [0.1, 0.15) is 16.1 Å². The molecule has 120 valence electrons. The van der Waals surface area contributed by atoms with Crippen molar-refractivity contribution >= 4 is 23.6 Å². The average molecular weight is 332 g/mol. The molecular formula is C15H16N4O3S. The molecule has 1 atom stereocenters. The van der Waals surface area contributed by atoms with E-state index in [2.05, 4.69) is 4.98 Å². The largest absolute Gasteiger partial charge is 0.378 e. The van der Waals surface area contributed by atoms with Crippen molar-refractivity contribution in [3.63, 3.8) is 0 Å². The Morgan fingerprint density at radius 2 is 2.13 bits per heavy atom. The number of nitrogens with zero attached hydrogens (tertiary/aromatic N) is 4. The Morgan fingerprint density at radius 3 is 2.78 bits per heavy atom. The molecule has 7 nitrogen and oxygen atoms in total. The molecule has 3 rings (SSSR count). The Labute approximate surface area is 138 Å². The van der Waals surface area contributed by atoms with Crippen molar-refractivity contribution in [3.05, 3.63) is 29.6 Å². The molecule has 3 heterocycles. The third-order valence-corrected chi connectivity index (χ3v) is 4.87. The normalized spacial score (nSPS) is 21.1. The van der Waals surface area contributed by atoms with Crippen LogP contribution in [-0.4, -0.2) is 70.6 Å². The molecule has 2 fully saturated rings. The van der Waals surface area contributed by atoms with E-state index >= 15 is 0 Å². The van der Waals surface area contributed by atoms with Gasteiger partial charge in [0, 0.05) is 25.0 Å². The van der Waals surface area contributed by atoms with Gasteiger partial charge in [-0.2, -0.15) is 5.26 Å². The van der Waals surface area contributed by atoms with E-state index in [4.69, 9.17) is 10.00 Å². The summed E-state index contributed by atoms with van der Waals surface area (Å²) in [6.45, 7) is 2.21. The number of carbonyl (C=O) groups excluding carboxylic acids is 2. The minimum absolute atomic E-state index is 0.0275. The summed E-state index contributed by atoms with van der Waals surface area (Å²) in [6.07, 6.45) is 1.37. The van der Waals surface area contributed by atoms with E-state index in [0.717, 1.165) is 0 Å². The Bertz CT molecular complexity index is 637. The van der Waals surface area contributed by atoms with Gasteiger partial charge in [0.1, 0.15) is 17.8 Å². The summed E-state index contributed by atoms with van der Waals surface area (Å²) in [5, 5.41) is 8.79. The van der Waals surface area contributed by atoms with Gasteiger partial charge < -0.3 is 14.5 Å². The van der Waals surface area contributed by atoms with Crippen molar-refractivity contribution in [2.45, 2.75) is 6.04 Å². The number of hydrogen-bond donors (Lipinski definition) is 0. The summed E-state index contributed by atoms with van der Waals surface area (Å²) < 4.78 is 5.26. The first kappa shape index (κ1) is 15.8. The molecule has 2 aliphatic heterocycles. The maximum Gasteiger partial charge on any atom is 0.273 e. The van der Waals surface area contributed by atoms with E-state index in [1.54, 1.807) is 27.6 Å². The van der Waals surface area contributed by atoms with E-state index in [1.807, 2.05) is 6.07 Å². The van der Waals surface area contributed by atoms with Crippen molar-refractivity contribution < 1.29 is 14.3 Å². The number of carbonyl (C=O) groups is 2. The summed E-state index contributed by atoms with van der Waals surface area (Å²) in [4.78, 5) is 32.6. The van der Waals surface area contributed by atoms with Crippen molar-refractivity contribution in [3.8, 4) is 6.07 Å². The van der Waals surface area contributed by atoms with Gasteiger partial charge >= 0.3 is 0 Å². The molecule has 0 aliphatic carbocycles. The third kappa shape index (κ3) is 3.30. The Morgan fingerprint density at radius 1 is 1.35 bits per heavy atom. The average Bonchev–Trinajstić information content (AvgIpc) is 3.11. The first-order valence-electron chi connectivity index (χ1n) is 7.32. The fourth-order valence-corrected chi connectivity index (χ4v) is 3.72. The number of thioether (sulfide) groups is 1. The Balaban J connectivity index is 1.73. The molecule has 2 saturated heterocycles. The van der Waals surface area contributed by atoms with Crippen LogP contribution in [0.5, 0.6) is 0 Å². The second kappa shape index (κ2) is 6.98. The van der Waals surface area contributed by atoms with Gasteiger partial charge in [0.2, 0.25) is 5.91 Å². The molecule has 0 bridgehead atoms. The van der Waals surface area contributed by atoms with Crippen molar-refractivity contribution in [2.24, 2.45) is 0 Å². The molecule has 8 heteroatoms. The van der Waals surface area contributed by atoms with Crippen LogP contribution in [0, 0.1) is 11.3 Å². The second-order valence-electron chi connectivity index (χ2n) is 5.27. The minimum atomic E-state index is -0.456. The first-order chi connectivity index (χ1) is 11.2. The molecule has 1 aromatic heterocycles. The summed E-state index contributed by atoms with van der Waals surface area (Å²) in [7, 11) is 0. The smallest absolute Gasteiger partial charge is 0.273 e. The lowest BCUT2D eigenvalue weighted by atomic mass is 10.2. The van der Waals surface area contributed by atoms with Crippen LogP contribution in [0.15, 0.2) is 18.3 Å². The quantitative estimate of drug-likeness (QED) is 0.775. The standard InChI is InChI=1S/C15H16N4O3S/c16-7-11-1-2-12(17-8-11)14(20)19-10-23-9-13(19)15(21)18-3-5-22-6-4-18/h1-2,8,13H,3-6,9-10H2. The van der Waals surface area contributed by atoms with E-state index in [-0.39, 0.29) is 17.5 Å². The number of rotatable bonds is 2. The van der Waals surface area contributed by atoms with E-state index in [1.165, 1.54) is 12.3 Å². The Kier molecular flexibility index (Phi) is 4.79. The van der Waals surface area contributed by atoms with Crippen molar-refractivity contribution in [1.82, 2.24) is 14.8 Å². The summed E-state index contributed by atoms with van der Waals surface area (Å²) in [6, 6.07) is 4.60. The molecule has 0 radical (unpaired) electrons. The van der Waals surface area contributed by atoms with Crippen LogP contribution in [0.4, 0.5) is 0 Å². The highest BCUT2D eigenvalue weighted by Gasteiger charge is 2.38. The zero-order valence-corrected chi connectivity index (χ0v) is 13.3. The lowest BCUT2D eigenvalue weighted by molar-refractivity contribution is -0.138. The summed E-state index contributed by atoms with van der Waals surface area (Å²) in [5.74, 6) is 0.769. The van der Waals surface area contributed by atoms with Gasteiger partial charge in [0.25, 0.3) is 5.91 Å². The predicted octanol–water partition coefficient (Wildman–Crippen LogP) is 0.327. The number of hydrogen-bond acceptors (Lipinski definition) is 6. The van der Waals surface area contributed by atoms with Gasteiger partial charge in [-0.05, 0) is 12.1 Å². The second-order valence-corrected chi connectivity index (χ2v) is 6.27. The number of pyridine rings is 1. The lowest BCUT2D eigenvalue weighted by Gasteiger charge is -2.32. The van der Waals surface area contributed by atoms with Crippen LogP contribution in [-0.2, 0) is 9.53 Å². The topological polar surface area (TPSA) is 86.5 Å². The van der Waals surface area contributed by atoms with Crippen LogP contribution in [0.25, 0.3) is 0 Å². The number of aromatic nitrogens is 1. The maximum absolute atomic E-state index is 12.6. The molecule has 1 unspecified atom stereocenters. The number of ether oxygens (including phenoxy) is 1. The van der Waals surface area contributed by atoms with Gasteiger partial charge in [-0.25, -0.2) is 4.98 Å². The van der Waals surface area contributed by atoms with E-state index in [9.17, 15) is 9.59 Å². The van der Waals surface area contributed by atoms with Crippen LogP contribution < -0.4 is 0 Å². The zero-order chi connectivity index (χ0) is 16.2. The molecule has 1 aromatic rings. The molecular weight excluding hydrogens is 316 g/mol. The van der Waals surface area contributed by atoms with Gasteiger partial charge in [-0.15, -0.1) is 11.8 Å². The highest BCUT2D eigenvalue weighted by atomic mass is 32.2. The van der Waals surface area contributed by atoms with Gasteiger partial charge in [0.15, 0.2) is 0 Å². The summed E-state index contributed by atoms with van der Waals surface area (Å²) in [5.41, 5.74) is 0.657. The molecule has 2 amide bonds. The molecule has 0 saturated carbocycles. The minimum Gasteiger partial charge on any atom is -0.378 e. The summed E-state index contributed by atoms with van der Waals surface area (Å²) >= 11 is 1.56. The highest BCUT2D eigenvalue weighted by Crippen LogP contribution is 2.24. The van der Waals surface area contributed by atoms with E-state index in [0.29, 0.717) is 43.5 Å².